The summed E-state index contributed by atoms with van der Waals surface area (Å²) >= 11 is 0. The van der Waals surface area contributed by atoms with Gasteiger partial charge in [-0.1, -0.05) is 6.07 Å². The lowest BCUT2D eigenvalue weighted by Gasteiger charge is -2.18. The first-order valence-corrected chi connectivity index (χ1v) is 7.22. The number of ether oxygens (including phenoxy) is 2. The van der Waals surface area contributed by atoms with Crippen molar-refractivity contribution in [2.75, 3.05) is 19.8 Å². The molecule has 0 saturated carbocycles. The fourth-order valence-electron chi connectivity index (χ4n) is 2.20. The number of furan rings is 1. The van der Waals surface area contributed by atoms with Crippen molar-refractivity contribution in [3.63, 3.8) is 0 Å². The van der Waals surface area contributed by atoms with Gasteiger partial charge < -0.3 is 24.5 Å². The molecule has 22 heavy (non-hydrogen) atoms. The fraction of sp³-hybridized carbons (Fsp3) is 0.312. The third kappa shape index (κ3) is 3.72. The Bertz CT molecular complexity index is 625. The molecule has 0 fully saturated rings. The fourth-order valence-corrected chi connectivity index (χ4v) is 2.20. The van der Waals surface area contributed by atoms with E-state index in [0.717, 1.165) is 29.0 Å². The van der Waals surface area contributed by atoms with Gasteiger partial charge in [0.25, 0.3) is 0 Å². The third-order valence-electron chi connectivity index (χ3n) is 3.34. The minimum absolute atomic E-state index is 0.196. The molecule has 2 N–H and O–H groups in total. The zero-order valence-electron chi connectivity index (χ0n) is 12.1. The van der Waals surface area contributed by atoms with Gasteiger partial charge in [-0.25, -0.2) is 4.79 Å². The van der Waals surface area contributed by atoms with Gasteiger partial charge in [0.15, 0.2) is 11.5 Å². The highest BCUT2D eigenvalue weighted by atomic mass is 16.6. The van der Waals surface area contributed by atoms with E-state index in [0.29, 0.717) is 26.3 Å². The average molecular weight is 302 g/mol. The second-order valence-corrected chi connectivity index (χ2v) is 4.97. The lowest BCUT2D eigenvalue weighted by Crippen LogP contribution is -2.36. The van der Waals surface area contributed by atoms with Gasteiger partial charge in [0.1, 0.15) is 13.2 Å². The van der Waals surface area contributed by atoms with Crippen molar-refractivity contribution in [1.29, 1.82) is 0 Å². The lowest BCUT2D eigenvalue weighted by molar-refractivity contribution is 0.171. The third-order valence-corrected chi connectivity index (χ3v) is 3.34. The average Bonchev–Trinajstić information content (AvgIpc) is 3.06. The van der Waals surface area contributed by atoms with Crippen LogP contribution in [0.25, 0.3) is 0 Å². The first kappa shape index (κ1) is 14.3. The van der Waals surface area contributed by atoms with Crippen LogP contribution in [0.4, 0.5) is 4.79 Å². The van der Waals surface area contributed by atoms with Crippen molar-refractivity contribution in [3.8, 4) is 11.5 Å². The zero-order chi connectivity index (χ0) is 15.2. The molecule has 0 aliphatic carbocycles. The number of benzene rings is 1. The van der Waals surface area contributed by atoms with Gasteiger partial charge in [-0.2, -0.15) is 0 Å². The monoisotopic (exact) mass is 302 g/mol. The van der Waals surface area contributed by atoms with E-state index >= 15 is 0 Å². The summed E-state index contributed by atoms with van der Waals surface area (Å²) in [6.45, 7) is 2.17. The standard InChI is InChI=1S/C16H18N2O4/c19-16(18-10-13-4-6-20-11-13)17-5-3-12-1-2-14-15(9-12)22-8-7-21-14/h1-2,4,6,9,11H,3,5,7-8,10H2,(H2,17,18,19). The maximum atomic E-state index is 11.7. The van der Waals surface area contributed by atoms with Crippen molar-refractivity contribution >= 4 is 6.03 Å². The second-order valence-electron chi connectivity index (χ2n) is 4.97. The van der Waals surface area contributed by atoms with E-state index in [1.54, 1.807) is 12.5 Å². The Labute approximate surface area is 128 Å². The van der Waals surface area contributed by atoms with E-state index in [1.165, 1.54) is 0 Å². The van der Waals surface area contributed by atoms with Crippen molar-refractivity contribution in [1.82, 2.24) is 10.6 Å². The van der Waals surface area contributed by atoms with E-state index in [9.17, 15) is 4.79 Å². The summed E-state index contributed by atoms with van der Waals surface area (Å²) in [6, 6.07) is 7.47. The van der Waals surface area contributed by atoms with Crippen LogP contribution in [-0.2, 0) is 13.0 Å². The molecular formula is C16H18N2O4. The summed E-state index contributed by atoms with van der Waals surface area (Å²) < 4.78 is 16.0. The SMILES string of the molecule is O=C(NCCc1ccc2c(c1)OCCO2)NCc1ccoc1. The number of carbonyl (C=O) groups is 1. The van der Waals surface area contributed by atoms with Crippen LogP contribution in [0, 0.1) is 0 Å². The number of rotatable bonds is 5. The van der Waals surface area contributed by atoms with Crippen LogP contribution in [0.1, 0.15) is 11.1 Å². The highest BCUT2D eigenvalue weighted by Crippen LogP contribution is 2.30. The molecule has 0 spiro atoms. The topological polar surface area (TPSA) is 72.7 Å². The van der Waals surface area contributed by atoms with Crippen LogP contribution in [0.3, 0.4) is 0 Å². The minimum Gasteiger partial charge on any atom is -0.486 e. The molecule has 1 aliphatic heterocycles. The number of nitrogens with one attached hydrogen (secondary N) is 2. The predicted molar refractivity (Wildman–Crippen MR) is 80.1 cm³/mol. The Balaban J connectivity index is 1.41. The zero-order valence-corrected chi connectivity index (χ0v) is 12.1. The first-order valence-electron chi connectivity index (χ1n) is 7.22. The van der Waals surface area contributed by atoms with E-state index in [1.807, 2.05) is 24.3 Å². The molecule has 116 valence electrons. The number of fused-ring (bicyclic) bond motifs is 1. The van der Waals surface area contributed by atoms with Crippen molar-refractivity contribution in [3.05, 3.63) is 47.9 Å². The normalized spacial score (nSPS) is 12.7. The highest BCUT2D eigenvalue weighted by Gasteiger charge is 2.11. The van der Waals surface area contributed by atoms with E-state index in [2.05, 4.69) is 10.6 Å². The molecule has 1 aromatic heterocycles. The molecule has 1 aromatic carbocycles. The van der Waals surface area contributed by atoms with Gasteiger partial charge in [0.2, 0.25) is 0 Å². The first-order chi connectivity index (χ1) is 10.8. The summed E-state index contributed by atoms with van der Waals surface area (Å²) in [5, 5.41) is 5.59. The Kier molecular flexibility index (Phi) is 4.48. The number of hydrogen-bond donors (Lipinski definition) is 2. The van der Waals surface area contributed by atoms with Crippen LogP contribution >= 0.6 is 0 Å². The number of carbonyl (C=O) groups excluding carboxylic acids is 1. The smallest absolute Gasteiger partial charge is 0.315 e. The molecule has 0 unspecified atom stereocenters. The van der Waals surface area contributed by atoms with Crippen molar-refractivity contribution in [2.24, 2.45) is 0 Å². The molecule has 3 rings (SSSR count). The predicted octanol–water partition coefficient (Wildman–Crippen LogP) is 2.09. The quantitative estimate of drug-likeness (QED) is 0.887. The Morgan fingerprint density at radius 1 is 1.05 bits per heavy atom. The van der Waals surface area contributed by atoms with Gasteiger partial charge >= 0.3 is 6.03 Å². The van der Waals surface area contributed by atoms with Crippen LogP contribution in [-0.4, -0.2) is 25.8 Å². The van der Waals surface area contributed by atoms with Gasteiger partial charge in [-0.15, -0.1) is 0 Å². The van der Waals surface area contributed by atoms with E-state index in [4.69, 9.17) is 13.9 Å². The number of hydrogen-bond acceptors (Lipinski definition) is 4. The Morgan fingerprint density at radius 2 is 1.91 bits per heavy atom. The summed E-state index contributed by atoms with van der Waals surface area (Å²) in [7, 11) is 0. The van der Waals surface area contributed by atoms with Crippen LogP contribution in [0.15, 0.2) is 41.2 Å². The van der Waals surface area contributed by atoms with Crippen LogP contribution in [0.5, 0.6) is 11.5 Å². The van der Waals surface area contributed by atoms with Gasteiger partial charge in [-0.05, 0) is 30.2 Å². The second kappa shape index (κ2) is 6.89. The van der Waals surface area contributed by atoms with Crippen molar-refractivity contribution in [2.45, 2.75) is 13.0 Å². The van der Waals surface area contributed by atoms with Gasteiger partial charge in [0, 0.05) is 18.7 Å². The summed E-state index contributed by atoms with van der Waals surface area (Å²) in [4.78, 5) is 11.7. The molecule has 0 bridgehead atoms. The molecule has 6 heteroatoms. The number of amides is 2. The van der Waals surface area contributed by atoms with Crippen LogP contribution in [0.2, 0.25) is 0 Å². The molecule has 1 aliphatic rings. The molecule has 0 atom stereocenters. The minimum atomic E-state index is -0.196. The summed E-state index contributed by atoms with van der Waals surface area (Å²) in [5.41, 5.74) is 2.03. The Morgan fingerprint density at radius 3 is 2.73 bits per heavy atom. The molecule has 2 aromatic rings. The molecule has 0 radical (unpaired) electrons. The largest absolute Gasteiger partial charge is 0.486 e. The maximum Gasteiger partial charge on any atom is 0.315 e. The summed E-state index contributed by atoms with van der Waals surface area (Å²) in [6.07, 6.45) is 3.92. The molecule has 6 nitrogen and oxygen atoms in total. The van der Waals surface area contributed by atoms with Gasteiger partial charge in [0.05, 0.1) is 12.5 Å². The van der Waals surface area contributed by atoms with Crippen LogP contribution < -0.4 is 20.1 Å². The summed E-state index contributed by atoms with van der Waals surface area (Å²) in [5.74, 6) is 1.55. The maximum absolute atomic E-state index is 11.7. The molecular weight excluding hydrogens is 284 g/mol. The van der Waals surface area contributed by atoms with Gasteiger partial charge in [-0.3, -0.25) is 0 Å². The van der Waals surface area contributed by atoms with Crippen molar-refractivity contribution < 1.29 is 18.7 Å². The number of urea groups is 1. The van der Waals surface area contributed by atoms with E-state index < -0.39 is 0 Å². The Hall–Kier alpha value is -2.63. The highest BCUT2D eigenvalue weighted by molar-refractivity contribution is 5.73. The lowest BCUT2D eigenvalue weighted by atomic mass is 10.1. The van der Waals surface area contributed by atoms with E-state index in [-0.39, 0.29) is 6.03 Å². The molecule has 2 heterocycles. The molecule has 2 amide bonds. The molecule has 0 saturated heterocycles.